The van der Waals surface area contributed by atoms with Crippen LogP contribution in [-0.2, 0) is 31.9 Å². The number of hydrogen-bond acceptors (Lipinski definition) is 4. The van der Waals surface area contributed by atoms with Crippen LogP contribution in [0.25, 0.3) is 55.7 Å². The van der Waals surface area contributed by atoms with Gasteiger partial charge in [-0.25, -0.2) is 4.98 Å². The summed E-state index contributed by atoms with van der Waals surface area (Å²) in [6, 6.07) is 45.5. The molecule has 0 saturated heterocycles. The SMILES string of the molecule is [2H]C([2H])([2H])c1c[c-]c(-c2ccc(C(C)(C)C)cn2)cc1-c1ccccc1.[2H]C([2H])(c1ccccc1)c1ccc2c(n1)oc1c(-c3ccccn3)[c-]ccc12.[Ir]. The molecule has 0 aliphatic carbocycles. The van der Waals surface area contributed by atoms with Gasteiger partial charge in [-0.05, 0) is 51.7 Å². The van der Waals surface area contributed by atoms with Crippen LogP contribution >= 0.6 is 0 Å². The molecule has 8 aromatic rings. The normalized spacial score (nSPS) is 13.1. The molecule has 0 aliphatic heterocycles. The third kappa shape index (κ3) is 7.65. The molecule has 5 heteroatoms. The number of benzene rings is 4. The van der Waals surface area contributed by atoms with Crippen LogP contribution in [0.4, 0.5) is 0 Å². The van der Waals surface area contributed by atoms with Crippen molar-refractivity contribution in [3.63, 3.8) is 0 Å². The molecule has 4 nitrogen and oxygen atoms in total. The number of aromatic nitrogens is 3. The fourth-order valence-electron chi connectivity index (χ4n) is 5.55. The van der Waals surface area contributed by atoms with Crippen LogP contribution in [0.2, 0.25) is 0 Å². The summed E-state index contributed by atoms with van der Waals surface area (Å²) in [4.78, 5) is 13.5. The van der Waals surface area contributed by atoms with E-state index in [1.165, 1.54) is 0 Å². The van der Waals surface area contributed by atoms with E-state index in [1.54, 1.807) is 30.5 Å². The maximum Gasteiger partial charge on any atom is 0.216 e. The Bertz CT molecular complexity index is 2530. The van der Waals surface area contributed by atoms with Gasteiger partial charge in [-0.2, -0.15) is 0 Å². The van der Waals surface area contributed by atoms with Gasteiger partial charge in [0, 0.05) is 56.8 Å². The number of hydrogen-bond donors (Lipinski definition) is 0. The van der Waals surface area contributed by atoms with Crippen molar-refractivity contribution in [1.82, 2.24) is 15.0 Å². The molecule has 0 saturated carbocycles. The second-order valence-electron chi connectivity index (χ2n) is 12.7. The van der Waals surface area contributed by atoms with Gasteiger partial charge in [0.1, 0.15) is 0 Å². The molecule has 50 heavy (non-hydrogen) atoms. The summed E-state index contributed by atoms with van der Waals surface area (Å²) >= 11 is 0. The molecule has 0 N–H and O–H groups in total. The van der Waals surface area contributed by atoms with Gasteiger partial charge in [0.25, 0.3) is 0 Å². The van der Waals surface area contributed by atoms with Crippen molar-refractivity contribution in [3.05, 3.63) is 174 Å². The third-order valence-corrected chi connectivity index (χ3v) is 8.21. The van der Waals surface area contributed by atoms with Crippen molar-refractivity contribution in [1.29, 1.82) is 0 Å². The van der Waals surface area contributed by atoms with E-state index in [9.17, 15) is 0 Å². The molecule has 0 fully saturated rings. The largest absolute Gasteiger partial charge is 0.486 e. The van der Waals surface area contributed by atoms with E-state index in [-0.39, 0.29) is 25.5 Å². The molecule has 0 amide bonds. The maximum atomic E-state index is 8.54. The standard InChI is InChI=1S/C23H15N2O.C22H22N.Ir/c1-2-7-16(8-3-1)15-17-12-13-19-18-9-6-10-20(21-11-4-5-14-24-21)22(18)26-23(19)25-17;1-16-10-11-18(14-20(16)17-8-6-5-7-9-17)21-13-12-19(15-23-21)22(2,3)4;/h1-9,11-14H,15H2;5-10,12-15H,1-4H3;/q2*-1;/i15D2;1D3;. The number of furan rings is 1. The quantitative estimate of drug-likeness (QED) is 0.162. The molecular weight excluding hydrogens is 791 g/mol. The topological polar surface area (TPSA) is 51.8 Å². The molecule has 1 radical (unpaired) electrons. The molecule has 0 spiro atoms. The van der Waals surface area contributed by atoms with E-state index in [4.69, 9.17) is 11.3 Å². The molecule has 4 aromatic carbocycles. The third-order valence-electron chi connectivity index (χ3n) is 8.21. The Labute approximate surface area is 314 Å². The van der Waals surface area contributed by atoms with Crippen molar-refractivity contribution in [2.24, 2.45) is 0 Å². The maximum absolute atomic E-state index is 8.54. The first kappa shape index (κ1) is 28.6. The van der Waals surface area contributed by atoms with Crippen LogP contribution in [0.15, 0.2) is 144 Å². The first-order valence-electron chi connectivity index (χ1n) is 18.6. The molecular formula is C45H37IrN3O-2. The molecule has 8 rings (SSSR count). The van der Waals surface area contributed by atoms with Gasteiger partial charge < -0.3 is 14.4 Å². The summed E-state index contributed by atoms with van der Waals surface area (Å²) < 4.78 is 46.6. The minimum absolute atomic E-state index is 0. The Morgan fingerprint density at radius 3 is 2.26 bits per heavy atom. The van der Waals surface area contributed by atoms with Crippen LogP contribution < -0.4 is 0 Å². The van der Waals surface area contributed by atoms with Crippen LogP contribution in [-0.4, -0.2) is 15.0 Å². The average molecular weight is 833 g/mol. The zero-order chi connectivity index (χ0) is 38.1. The van der Waals surface area contributed by atoms with Crippen molar-refractivity contribution in [2.45, 2.75) is 39.4 Å². The summed E-state index contributed by atoms with van der Waals surface area (Å²) in [7, 11) is 0. The van der Waals surface area contributed by atoms with E-state index in [1.807, 2.05) is 103 Å². The fourth-order valence-corrected chi connectivity index (χ4v) is 5.55. The molecule has 0 atom stereocenters. The minimum Gasteiger partial charge on any atom is -0.486 e. The predicted molar refractivity (Wildman–Crippen MR) is 200 cm³/mol. The Balaban J connectivity index is 0.000000184. The summed E-state index contributed by atoms with van der Waals surface area (Å²) in [5.41, 5.74) is 8.11. The Morgan fingerprint density at radius 1 is 0.780 bits per heavy atom. The van der Waals surface area contributed by atoms with E-state index >= 15 is 0 Å². The Morgan fingerprint density at radius 2 is 1.56 bits per heavy atom. The van der Waals surface area contributed by atoms with Crippen LogP contribution in [0, 0.1) is 19.0 Å². The first-order valence-corrected chi connectivity index (χ1v) is 16.1. The molecule has 0 bridgehead atoms. The summed E-state index contributed by atoms with van der Waals surface area (Å²) in [5.74, 6) is 0. The summed E-state index contributed by atoms with van der Waals surface area (Å²) in [6.45, 7) is 4.25. The number of pyridine rings is 3. The number of rotatable bonds is 5. The summed E-state index contributed by atoms with van der Waals surface area (Å²) in [6.07, 6.45) is 1.89. The molecule has 0 aliphatic rings. The van der Waals surface area contributed by atoms with E-state index in [2.05, 4.69) is 53.9 Å². The Hall–Kier alpha value is -5.22. The van der Waals surface area contributed by atoms with Crippen LogP contribution in [0.3, 0.4) is 0 Å². The van der Waals surface area contributed by atoms with Gasteiger partial charge >= 0.3 is 0 Å². The zero-order valence-electron chi connectivity index (χ0n) is 32.9. The van der Waals surface area contributed by atoms with Gasteiger partial charge in [0.15, 0.2) is 0 Å². The van der Waals surface area contributed by atoms with E-state index in [0.29, 0.717) is 33.7 Å². The number of aryl methyl sites for hydroxylation is 1. The molecule has 4 heterocycles. The van der Waals surface area contributed by atoms with E-state index < -0.39 is 13.2 Å². The Kier molecular flexibility index (Phi) is 8.65. The van der Waals surface area contributed by atoms with Crippen molar-refractivity contribution in [3.8, 4) is 33.6 Å². The second-order valence-corrected chi connectivity index (χ2v) is 12.7. The predicted octanol–water partition coefficient (Wildman–Crippen LogP) is 11.3. The van der Waals surface area contributed by atoms with Gasteiger partial charge in [0.2, 0.25) is 5.71 Å². The first-order chi connectivity index (χ1) is 25.8. The van der Waals surface area contributed by atoms with Gasteiger partial charge in [-0.3, -0.25) is 0 Å². The summed E-state index contributed by atoms with van der Waals surface area (Å²) in [5, 5.41) is 1.75. The minimum atomic E-state index is -2.19. The van der Waals surface area contributed by atoms with Crippen molar-refractivity contribution >= 4 is 22.1 Å². The average Bonchev–Trinajstić information content (AvgIpc) is 3.57. The second kappa shape index (κ2) is 15.1. The van der Waals surface area contributed by atoms with Gasteiger partial charge in [-0.15, -0.1) is 47.5 Å². The molecule has 0 unspecified atom stereocenters. The van der Waals surface area contributed by atoms with Crippen molar-refractivity contribution in [2.75, 3.05) is 0 Å². The van der Waals surface area contributed by atoms with E-state index in [0.717, 1.165) is 44.4 Å². The van der Waals surface area contributed by atoms with Crippen molar-refractivity contribution < 1.29 is 31.4 Å². The fraction of sp³-hybridized carbons (Fsp3) is 0.133. The number of fused-ring (bicyclic) bond motifs is 3. The molecule has 249 valence electrons. The van der Waals surface area contributed by atoms with Gasteiger partial charge in [-0.1, -0.05) is 129 Å². The number of nitrogens with zero attached hydrogens (tertiary/aromatic N) is 3. The monoisotopic (exact) mass is 833 g/mol. The molecule has 4 aromatic heterocycles. The smallest absolute Gasteiger partial charge is 0.216 e. The van der Waals surface area contributed by atoms with Crippen LogP contribution in [0.1, 0.15) is 50.0 Å². The zero-order valence-corrected chi connectivity index (χ0v) is 30.3. The van der Waals surface area contributed by atoms with Crippen LogP contribution in [0.5, 0.6) is 0 Å². The van der Waals surface area contributed by atoms with Gasteiger partial charge in [0.05, 0.1) is 5.58 Å².